The Kier molecular flexibility index (Phi) is 4.64. The molecule has 2 aromatic carbocycles. The number of rotatable bonds is 5. The average molecular weight is 271 g/mol. The van der Waals surface area contributed by atoms with Crippen LogP contribution in [0.25, 0.3) is 6.08 Å². The van der Waals surface area contributed by atoms with Gasteiger partial charge in [0.1, 0.15) is 0 Å². The van der Waals surface area contributed by atoms with Crippen molar-refractivity contribution in [1.29, 1.82) is 0 Å². The van der Waals surface area contributed by atoms with Crippen LogP contribution in [-0.4, -0.2) is 11.1 Å². The summed E-state index contributed by atoms with van der Waals surface area (Å²) < 4.78 is 3.23. The molecule has 0 atom stereocenters. The third-order valence-corrected chi connectivity index (χ3v) is 3.20. The molecule has 2 rings (SSSR count). The Balaban J connectivity index is 1.94. The topological polar surface area (TPSA) is 49.3 Å². The van der Waals surface area contributed by atoms with Gasteiger partial charge in [-0.1, -0.05) is 30.3 Å². The van der Waals surface area contributed by atoms with Gasteiger partial charge >= 0.3 is 5.97 Å². The molecule has 2 aromatic rings. The van der Waals surface area contributed by atoms with Crippen molar-refractivity contribution in [2.75, 3.05) is 4.72 Å². The molecule has 0 saturated carbocycles. The van der Waals surface area contributed by atoms with Gasteiger partial charge in [-0.05, 0) is 47.9 Å². The van der Waals surface area contributed by atoms with Crippen LogP contribution in [0.3, 0.4) is 0 Å². The minimum absolute atomic E-state index is 0.859. The maximum absolute atomic E-state index is 10.4. The summed E-state index contributed by atoms with van der Waals surface area (Å²) >= 11 is 1.54. The van der Waals surface area contributed by atoms with E-state index in [1.54, 1.807) is 6.08 Å². The normalized spacial score (nSPS) is 10.5. The molecule has 0 radical (unpaired) electrons. The molecule has 2 N–H and O–H groups in total. The minimum Gasteiger partial charge on any atom is -0.478 e. The lowest BCUT2D eigenvalue weighted by Crippen LogP contribution is -1.87. The van der Waals surface area contributed by atoms with Gasteiger partial charge in [0.15, 0.2) is 0 Å². The minimum atomic E-state index is -0.943. The maximum Gasteiger partial charge on any atom is 0.328 e. The maximum atomic E-state index is 10.4. The van der Waals surface area contributed by atoms with Gasteiger partial charge in [0.05, 0.1) is 0 Å². The first kappa shape index (κ1) is 13.2. The first-order valence-corrected chi connectivity index (χ1v) is 6.55. The van der Waals surface area contributed by atoms with Gasteiger partial charge in [0.25, 0.3) is 0 Å². The molecule has 0 bridgehead atoms. The number of benzene rings is 2. The van der Waals surface area contributed by atoms with Crippen LogP contribution in [0.15, 0.2) is 65.6 Å². The number of hydrogen-bond donors (Lipinski definition) is 2. The number of carbonyl (C=O) groups is 1. The zero-order chi connectivity index (χ0) is 13.5. The summed E-state index contributed by atoms with van der Waals surface area (Å²) in [4.78, 5) is 11.5. The SMILES string of the molecule is O=C(O)/C=C/c1ccc(NSc2ccccc2)cc1. The highest BCUT2D eigenvalue weighted by Crippen LogP contribution is 2.21. The van der Waals surface area contributed by atoms with Crippen LogP contribution in [0.1, 0.15) is 5.56 Å². The predicted octanol–water partition coefficient (Wildman–Crippen LogP) is 3.90. The van der Waals surface area contributed by atoms with Crippen LogP contribution >= 0.6 is 11.9 Å². The Labute approximate surface area is 116 Å². The van der Waals surface area contributed by atoms with Gasteiger partial charge in [0.2, 0.25) is 0 Å². The van der Waals surface area contributed by atoms with Crippen LogP contribution in [0.4, 0.5) is 5.69 Å². The molecule has 0 aliphatic carbocycles. The van der Waals surface area contributed by atoms with E-state index in [2.05, 4.69) is 4.72 Å². The molecular formula is C15H13NO2S. The number of carboxylic acid groups (broad SMARTS) is 1. The largest absolute Gasteiger partial charge is 0.478 e. The second-order valence-corrected chi connectivity index (χ2v) is 4.69. The number of carboxylic acids is 1. The van der Waals surface area contributed by atoms with Crippen molar-refractivity contribution in [2.24, 2.45) is 0 Å². The molecule has 0 amide bonds. The average Bonchev–Trinajstić information content (AvgIpc) is 2.45. The highest BCUT2D eigenvalue weighted by Gasteiger charge is 1.95. The summed E-state index contributed by atoms with van der Waals surface area (Å²) in [6, 6.07) is 17.6. The number of anilines is 1. The third kappa shape index (κ3) is 4.52. The van der Waals surface area contributed by atoms with Gasteiger partial charge in [-0.2, -0.15) is 0 Å². The Morgan fingerprint density at radius 2 is 1.74 bits per heavy atom. The lowest BCUT2D eigenvalue weighted by Gasteiger charge is -2.05. The molecule has 0 aliphatic rings. The predicted molar refractivity (Wildman–Crippen MR) is 79.0 cm³/mol. The van der Waals surface area contributed by atoms with Crippen molar-refractivity contribution in [3.63, 3.8) is 0 Å². The fourth-order valence-corrected chi connectivity index (χ4v) is 2.10. The molecular weight excluding hydrogens is 258 g/mol. The zero-order valence-electron chi connectivity index (χ0n) is 10.1. The molecule has 0 aromatic heterocycles. The highest BCUT2D eigenvalue weighted by molar-refractivity contribution is 8.00. The summed E-state index contributed by atoms with van der Waals surface area (Å²) in [5.41, 5.74) is 1.83. The fourth-order valence-electron chi connectivity index (χ4n) is 1.44. The molecule has 0 heterocycles. The zero-order valence-corrected chi connectivity index (χ0v) is 10.9. The summed E-state index contributed by atoms with van der Waals surface area (Å²) in [7, 11) is 0. The molecule has 0 saturated heterocycles. The van der Waals surface area contributed by atoms with Crippen LogP contribution < -0.4 is 4.72 Å². The quantitative estimate of drug-likeness (QED) is 0.639. The van der Waals surface area contributed by atoms with Crippen molar-refractivity contribution < 1.29 is 9.90 Å². The molecule has 19 heavy (non-hydrogen) atoms. The first-order valence-electron chi connectivity index (χ1n) is 5.73. The summed E-state index contributed by atoms with van der Waals surface area (Å²) in [5, 5.41) is 8.54. The Morgan fingerprint density at radius 1 is 1.05 bits per heavy atom. The highest BCUT2D eigenvalue weighted by atomic mass is 32.2. The monoisotopic (exact) mass is 271 g/mol. The van der Waals surface area contributed by atoms with E-state index in [1.165, 1.54) is 11.9 Å². The van der Waals surface area contributed by atoms with Crippen LogP contribution in [0.2, 0.25) is 0 Å². The van der Waals surface area contributed by atoms with Gasteiger partial charge in [-0.3, -0.25) is 0 Å². The van der Waals surface area contributed by atoms with Crippen molar-refractivity contribution in [3.05, 3.63) is 66.2 Å². The van der Waals surface area contributed by atoms with Gasteiger partial charge < -0.3 is 9.83 Å². The van der Waals surface area contributed by atoms with Crippen LogP contribution in [-0.2, 0) is 4.79 Å². The fraction of sp³-hybridized carbons (Fsp3) is 0. The molecule has 3 nitrogen and oxygen atoms in total. The molecule has 96 valence electrons. The van der Waals surface area contributed by atoms with E-state index in [9.17, 15) is 4.79 Å². The molecule has 0 unspecified atom stereocenters. The van der Waals surface area contributed by atoms with Gasteiger partial charge in [-0.15, -0.1) is 0 Å². The van der Waals surface area contributed by atoms with E-state index < -0.39 is 5.97 Å². The molecule has 0 fully saturated rings. The van der Waals surface area contributed by atoms with Crippen molar-refractivity contribution in [3.8, 4) is 0 Å². The van der Waals surface area contributed by atoms with E-state index in [0.717, 1.165) is 22.2 Å². The Morgan fingerprint density at radius 3 is 2.37 bits per heavy atom. The van der Waals surface area contributed by atoms with E-state index in [-0.39, 0.29) is 0 Å². The van der Waals surface area contributed by atoms with Crippen molar-refractivity contribution in [1.82, 2.24) is 0 Å². The first-order chi connectivity index (χ1) is 9.24. The molecule has 0 spiro atoms. The van der Waals surface area contributed by atoms with Crippen LogP contribution in [0.5, 0.6) is 0 Å². The smallest absolute Gasteiger partial charge is 0.328 e. The lowest BCUT2D eigenvalue weighted by atomic mass is 10.2. The number of nitrogens with one attached hydrogen (secondary N) is 1. The van der Waals surface area contributed by atoms with E-state index in [1.807, 2.05) is 54.6 Å². The third-order valence-electron chi connectivity index (χ3n) is 2.36. The Hall–Kier alpha value is -2.20. The van der Waals surface area contributed by atoms with Crippen LogP contribution in [0, 0.1) is 0 Å². The molecule has 4 heteroatoms. The van der Waals surface area contributed by atoms with Crippen molar-refractivity contribution in [2.45, 2.75) is 4.90 Å². The number of aliphatic carboxylic acids is 1. The second kappa shape index (κ2) is 6.66. The van der Waals surface area contributed by atoms with E-state index >= 15 is 0 Å². The summed E-state index contributed by atoms with van der Waals surface area (Å²) in [6.07, 6.45) is 2.69. The van der Waals surface area contributed by atoms with Gasteiger partial charge in [0, 0.05) is 16.7 Å². The van der Waals surface area contributed by atoms with E-state index in [4.69, 9.17) is 5.11 Å². The van der Waals surface area contributed by atoms with Crippen molar-refractivity contribution >= 4 is 29.7 Å². The lowest BCUT2D eigenvalue weighted by molar-refractivity contribution is -0.131. The summed E-state index contributed by atoms with van der Waals surface area (Å²) in [5.74, 6) is -0.943. The van der Waals surface area contributed by atoms with Gasteiger partial charge in [-0.25, -0.2) is 4.79 Å². The number of hydrogen-bond acceptors (Lipinski definition) is 3. The molecule has 0 aliphatic heterocycles. The second-order valence-electron chi connectivity index (χ2n) is 3.81. The van der Waals surface area contributed by atoms with E-state index in [0.29, 0.717) is 0 Å². The summed E-state index contributed by atoms with van der Waals surface area (Å²) in [6.45, 7) is 0. The Bertz CT molecular complexity index is 564. The standard InChI is InChI=1S/C15H13NO2S/c17-15(18)11-8-12-6-9-13(10-7-12)16-19-14-4-2-1-3-5-14/h1-11,16H,(H,17,18)/b11-8+.